The van der Waals surface area contributed by atoms with Crippen LogP contribution in [0, 0.1) is 0 Å². The van der Waals surface area contributed by atoms with Gasteiger partial charge in [-0.25, -0.2) is 4.98 Å². The van der Waals surface area contributed by atoms with Crippen molar-refractivity contribution in [3.63, 3.8) is 0 Å². The molecule has 0 aromatic carbocycles. The fraction of sp³-hybridized carbons (Fsp3) is 0.357. The molecule has 0 spiro atoms. The fourth-order valence-electron chi connectivity index (χ4n) is 2.58. The van der Waals surface area contributed by atoms with E-state index in [1.165, 1.54) is 0 Å². The molecule has 0 unspecified atom stereocenters. The van der Waals surface area contributed by atoms with Gasteiger partial charge >= 0.3 is 0 Å². The van der Waals surface area contributed by atoms with Gasteiger partial charge in [0.25, 0.3) is 5.91 Å². The van der Waals surface area contributed by atoms with Crippen molar-refractivity contribution < 1.29 is 9.90 Å². The number of hydrogen-bond donors (Lipinski definition) is 1. The third-order valence-electron chi connectivity index (χ3n) is 3.72. The lowest BCUT2D eigenvalue weighted by atomic mass is 10.0. The number of hydrogen-bond acceptors (Lipinski definition) is 4. The average Bonchev–Trinajstić information content (AvgIpc) is 2.87. The Hall–Kier alpha value is -2.21. The van der Waals surface area contributed by atoms with Crippen molar-refractivity contribution in [3.05, 3.63) is 47.8 Å². The molecular weight excluding hydrogens is 256 g/mol. The highest BCUT2D eigenvalue weighted by molar-refractivity contribution is 5.94. The first-order valence-corrected chi connectivity index (χ1v) is 6.51. The van der Waals surface area contributed by atoms with Crippen LogP contribution in [-0.2, 0) is 20.0 Å². The summed E-state index contributed by atoms with van der Waals surface area (Å²) in [4.78, 5) is 22.5. The number of aromatic nitrogens is 3. The molecule has 1 atom stereocenters. The van der Waals surface area contributed by atoms with Crippen molar-refractivity contribution in [1.29, 1.82) is 0 Å². The minimum Gasteiger partial charge on any atom is -0.394 e. The van der Waals surface area contributed by atoms with Crippen LogP contribution in [0.15, 0.2) is 30.9 Å². The minimum absolute atomic E-state index is 0.0589. The maximum Gasteiger partial charge on any atom is 0.256 e. The van der Waals surface area contributed by atoms with Gasteiger partial charge in [0, 0.05) is 31.6 Å². The van der Waals surface area contributed by atoms with Gasteiger partial charge in [0.2, 0.25) is 0 Å². The summed E-state index contributed by atoms with van der Waals surface area (Å²) in [5.74, 6) is -0.117. The molecule has 104 valence electrons. The molecule has 0 saturated carbocycles. The number of amides is 1. The van der Waals surface area contributed by atoms with Crippen molar-refractivity contribution in [1.82, 2.24) is 19.4 Å². The molecule has 0 aliphatic carbocycles. The molecule has 6 heteroatoms. The molecular formula is C14H16N4O2. The van der Waals surface area contributed by atoms with Crippen LogP contribution in [-0.4, -0.2) is 43.1 Å². The summed E-state index contributed by atoms with van der Waals surface area (Å²) in [6.45, 7) is 0.367. The van der Waals surface area contributed by atoms with Gasteiger partial charge in [-0.15, -0.1) is 0 Å². The molecule has 3 rings (SSSR count). The van der Waals surface area contributed by atoms with Gasteiger partial charge < -0.3 is 14.6 Å². The van der Waals surface area contributed by atoms with Gasteiger partial charge in [-0.2, -0.15) is 0 Å². The number of pyridine rings is 1. The van der Waals surface area contributed by atoms with Gasteiger partial charge in [-0.1, -0.05) is 0 Å². The molecule has 1 amide bonds. The first-order chi connectivity index (χ1) is 9.70. The van der Waals surface area contributed by atoms with Crippen LogP contribution in [0.2, 0.25) is 0 Å². The quantitative estimate of drug-likeness (QED) is 0.857. The molecule has 0 bridgehead atoms. The van der Waals surface area contributed by atoms with Crippen LogP contribution in [0.1, 0.15) is 21.7 Å². The Labute approximate surface area is 116 Å². The number of aryl methyl sites for hydroxylation is 1. The Bertz CT molecular complexity index is 623. The lowest BCUT2D eigenvalue weighted by molar-refractivity contribution is 0.0535. The molecule has 0 fully saturated rings. The lowest BCUT2D eigenvalue weighted by Crippen LogP contribution is -2.46. The zero-order valence-electron chi connectivity index (χ0n) is 11.2. The maximum absolute atomic E-state index is 12.5. The van der Waals surface area contributed by atoms with Crippen LogP contribution >= 0.6 is 0 Å². The third kappa shape index (κ3) is 2.08. The topological polar surface area (TPSA) is 71.2 Å². The standard InChI is InChI=1S/C14H16N4O2/c1-17-9-16-12-7-18(11(8-19)5-13(12)17)14(20)10-3-2-4-15-6-10/h2-4,6,9,11,19H,5,7-8H2,1H3/t11-/m1/s1. The van der Waals surface area contributed by atoms with Gasteiger partial charge in [0.15, 0.2) is 0 Å². The fourth-order valence-corrected chi connectivity index (χ4v) is 2.58. The highest BCUT2D eigenvalue weighted by atomic mass is 16.3. The Balaban J connectivity index is 1.91. The number of fused-ring (bicyclic) bond motifs is 1. The number of aliphatic hydroxyl groups is 1. The molecule has 2 aromatic rings. The van der Waals surface area contributed by atoms with E-state index >= 15 is 0 Å². The SMILES string of the molecule is Cn1cnc2c1C[C@H](CO)N(C(=O)c1cccnc1)C2. The lowest BCUT2D eigenvalue weighted by Gasteiger charge is -2.34. The Morgan fingerprint density at radius 3 is 3.10 bits per heavy atom. The van der Waals surface area contributed by atoms with Gasteiger partial charge in [-0.05, 0) is 12.1 Å². The smallest absolute Gasteiger partial charge is 0.256 e. The van der Waals surface area contributed by atoms with Gasteiger partial charge in [0.1, 0.15) is 0 Å². The van der Waals surface area contributed by atoms with E-state index in [-0.39, 0.29) is 18.6 Å². The zero-order chi connectivity index (χ0) is 14.1. The predicted molar refractivity (Wildman–Crippen MR) is 71.9 cm³/mol. The van der Waals surface area contributed by atoms with E-state index in [0.29, 0.717) is 18.5 Å². The van der Waals surface area contributed by atoms with Crippen LogP contribution in [0.3, 0.4) is 0 Å². The van der Waals surface area contributed by atoms with E-state index in [1.54, 1.807) is 35.8 Å². The van der Waals surface area contributed by atoms with Crippen LogP contribution in [0.5, 0.6) is 0 Å². The second-order valence-electron chi connectivity index (χ2n) is 4.96. The van der Waals surface area contributed by atoms with Crippen molar-refractivity contribution >= 4 is 5.91 Å². The van der Waals surface area contributed by atoms with Crippen molar-refractivity contribution in [2.75, 3.05) is 6.61 Å². The first-order valence-electron chi connectivity index (χ1n) is 6.51. The van der Waals surface area contributed by atoms with E-state index in [0.717, 1.165) is 11.4 Å². The number of nitrogens with zero attached hydrogens (tertiary/aromatic N) is 4. The Morgan fingerprint density at radius 2 is 2.40 bits per heavy atom. The molecule has 0 radical (unpaired) electrons. The van der Waals surface area contributed by atoms with Crippen LogP contribution in [0.25, 0.3) is 0 Å². The summed E-state index contributed by atoms with van der Waals surface area (Å²) in [6.07, 6.45) is 5.55. The van der Waals surface area contributed by atoms with Gasteiger partial charge in [0.05, 0.1) is 36.8 Å². The largest absolute Gasteiger partial charge is 0.394 e. The van der Waals surface area contributed by atoms with Crippen molar-refractivity contribution in [2.24, 2.45) is 7.05 Å². The minimum atomic E-state index is -0.217. The maximum atomic E-state index is 12.5. The van der Waals surface area contributed by atoms with E-state index in [2.05, 4.69) is 9.97 Å². The number of carbonyl (C=O) groups is 1. The Kier molecular flexibility index (Phi) is 3.23. The molecule has 3 heterocycles. The molecule has 6 nitrogen and oxygen atoms in total. The summed E-state index contributed by atoms with van der Waals surface area (Å²) >= 11 is 0. The summed E-state index contributed by atoms with van der Waals surface area (Å²) < 4.78 is 1.95. The number of aliphatic hydroxyl groups excluding tert-OH is 1. The summed E-state index contributed by atoms with van der Waals surface area (Å²) in [5.41, 5.74) is 2.51. The molecule has 2 aromatic heterocycles. The first kappa shape index (κ1) is 12.8. The summed E-state index contributed by atoms with van der Waals surface area (Å²) in [7, 11) is 1.93. The molecule has 1 aliphatic rings. The molecule has 1 N–H and O–H groups in total. The number of rotatable bonds is 2. The second-order valence-corrected chi connectivity index (χ2v) is 4.96. The van der Waals surface area contributed by atoms with Crippen molar-refractivity contribution in [3.8, 4) is 0 Å². The Morgan fingerprint density at radius 1 is 1.55 bits per heavy atom. The van der Waals surface area contributed by atoms with Crippen molar-refractivity contribution in [2.45, 2.75) is 19.0 Å². The van der Waals surface area contributed by atoms with Gasteiger partial charge in [-0.3, -0.25) is 9.78 Å². The summed E-state index contributed by atoms with van der Waals surface area (Å²) in [6, 6.07) is 3.25. The zero-order valence-corrected chi connectivity index (χ0v) is 11.2. The molecule has 0 saturated heterocycles. The number of carbonyl (C=O) groups excluding carboxylic acids is 1. The predicted octanol–water partition coefficient (Wildman–Crippen LogP) is 0.374. The van der Waals surface area contributed by atoms with E-state index in [4.69, 9.17) is 0 Å². The molecule has 1 aliphatic heterocycles. The van der Waals surface area contributed by atoms with Crippen LogP contribution < -0.4 is 0 Å². The number of imidazole rings is 1. The second kappa shape index (κ2) is 5.05. The highest BCUT2D eigenvalue weighted by Gasteiger charge is 2.32. The van der Waals surface area contributed by atoms with E-state index < -0.39 is 0 Å². The van der Waals surface area contributed by atoms with Crippen LogP contribution in [0.4, 0.5) is 0 Å². The normalized spacial score (nSPS) is 17.9. The third-order valence-corrected chi connectivity index (χ3v) is 3.72. The average molecular weight is 272 g/mol. The highest BCUT2D eigenvalue weighted by Crippen LogP contribution is 2.23. The monoisotopic (exact) mass is 272 g/mol. The van der Waals surface area contributed by atoms with E-state index in [9.17, 15) is 9.90 Å². The summed E-state index contributed by atoms with van der Waals surface area (Å²) in [5, 5.41) is 9.57. The molecule has 20 heavy (non-hydrogen) atoms. The van der Waals surface area contributed by atoms with E-state index in [1.807, 2.05) is 11.6 Å².